The predicted molar refractivity (Wildman–Crippen MR) is 112 cm³/mol. The molecule has 0 saturated carbocycles. The molecule has 2 aromatic rings. The fraction of sp³-hybridized carbons (Fsp3) is 0.333. The Morgan fingerprint density at radius 3 is 2.41 bits per heavy atom. The fourth-order valence-corrected chi connectivity index (χ4v) is 4.30. The van der Waals surface area contributed by atoms with Crippen molar-refractivity contribution in [2.75, 3.05) is 23.3 Å². The number of benzene rings is 2. The second-order valence-corrected chi connectivity index (χ2v) is 8.96. The predicted octanol–water partition coefficient (Wildman–Crippen LogP) is 2.59. The number of aryl methyl sites for hydroxylation is 2. The van der Waals surface area contributed by atoms with Gasteiger partial charge in [0.1, 0.15) is 0 Å². The van der Waals surface area contributed by atoms with Crippen molar-refractivity contribution in [3.8, 4) is 0 Å². The van der Waals surface area contributed by atoms with Crippen molar-refractivity contribution >= 4 is 33.2 Å². The Hall–Kier alpha value is -2.71. The summed E-state index contributed by atoms with van der Waals surface area (Å²) in [5.74, 6) is -0.804. The smallest absolute Gasteiger partial charge is 0.240 e. The number of nitrogens with zero attached hydrogens (tertiary/aromatic N) is 1. The molecule has 1 fully saturated rings. The highest BCUT2D eigenvalue weighted by atomic mass is 32.2. The SMILES string of the molecule is CCNS(=O)(=O)c1ccc(NC(=O)[C@@H]2CC(=O)N(c3ccc(C)c(C)c3)C2)cc1. The number of hydrogen-bond acceptors (Lipinski definition) is 4. The lowest BCUT2D eigenvalue weighted by molar-refractivity contribution is -0.122. The van der Waals surface area contributed by atoms with E-state index in [1.807, 2.05) is 32.0 Å². The van der Waals surface area contributed by atoms with Gasteiger partial charge in [0.2, 0.25) is 21.8 Å². The van der Waals surface area contributed by atoms with E-state index >= 15 is 0 Å². The molecule has 0 aromatic heterocycles. The highest BCUT2D eigenvalue weighted by Gasteiger charge is 2.35. The minimum atomic E-state index is -3.54. The van der Waals surface area contributed by atoms with Gasteiger partial charge in [-0.1, -0.05) is 13.0 Å². The van der Waals surface area contributed by atoms with Gasteiger partial charge in [-0.3, -0.25) is 9.59 Å². The number of hydrogen-bond donors (Lipinski definition) is 2. The summed E-state index contributed by atoms with van der Waals surface area (Å²) in [6, 6.07) is 11.8. The summed E-state index contributed by atoms with van der Waals surface area (Å²) >= 11 is 0. The molecule has 0 radical (unpaired) electrons. The standard InChI is InChI=1S/C21H25N3O4S/c1-4-22-29(27,28)19-9-6-17(7-10-19)23-21(26)16-12-20(25)24(13-16)18-8-5-14(2)15(3)11-18/h5-11,16,22H,4,12-13H2,1-3H3,(H,23,26)/t16-/m1/s1. The molecule has 0 aliphatic carbocycles. The summed E-state index contributed by atoms with van der Waals surface area (Å²) in [7, 11) is -3.54. The van der Waals surface area contributed by atoms with E-state index in [4.69, 9.17) is 0 Å². The lowest BCUT2D eigenvalue weighted by Crippen LogP contribution is -2.28. The molecule has 8 heteroatoms. The second-order valence-electron chi connectivity index (χ2n) is 7.19. The first-order valence-corrected chi connectivity index (χ1v) is 11.0. The van der Waals surface area contributed by atoms with E-state index in [9.17, 15) is 18.0 Å². The van der Waals surface area contributed by atoms with Crippen molar-refractivity contribution in [3.05, 3.63) is 53.6 Å². The molecule has 1 aliphatic rings. The van der Waals surface area contributed by atoms with Crippen molar-refractivity contribution in [1.82, 2.24) is 4.72 Å². The molecule has 2 aromatic carbocycles. The third-order valence-corrected chi connectivity index (χ3v) is 6.63. The van der Waals surface area contributed by atoms with Crippen LogP contribution in [0.3, 0.4) is 0 Å². The van der Waals surface area contributed by atoms with Crippen LogP contribution in [0.25, 0.3) is 0 Å². The Balaban J connectivity index is 1.67. The van der Waals surface area contributed by atoms with Gasteiger partial charge in [-0.15, -0.1) is 0 Å². The number of rotatable bonds is 6. The number of carbonyl (C=O) groups is 2. The average Bonchev–Trinajstić information content (AvgIpc) is 3.06. The Morgan fingerprint density at radius 2 is 1.79 bits per heavy atom. The fourth-order valence-electron chi connectivity index (χ4n) is 3.26. The summed E-state index contributed by atoms with van der Waals surface area (Å²) < 4.78 is 26.4. The number of nitrogens with one attached hydrogen (secondary N) is 2. The maximum Gasteiger partial charge on any atom is 0.240 e. The largest absolute Gasteiger partial charge is 0.326 e. The van der Waals surface area contributed by atoms with Crippen LogP contribution in [-0.2, 0) is 19.6 Å². The molecule has 0 spiro atoms. The minimum Gasteiger partial charge on any atom is -0.326 e. The lowest BCUT2D eigenvalue weighted by atomic mass is 10.1. The number of sulfonamides is 1. The molecule has 0 unspecified atom stereocenters. The van der Waals surface area contributed by atoms with Crippen LogP contribution in [0.2, 0.25) is 0 Å². The van der Waals surface area contributed by atoms with E-state index < -0.39 is 15.9 Å². The Bertz CT molecular complexity index is 1030. The summed E-state index contributed by atoms with van der Waals surface area (Å²) in [5, 5.41) is 2.77. The normalized spacial score (nSPS) is 16.9. The van der Waals surface area contributed by atoms with E-state index in [0.717, 1.165) is 16.8 Å². The Morgan fingerprint density at radius 1 is 1.10 bits per heavy atom. The van der Waals surface area contributed by atoms with Gasteiger partial charge in [0.15, 0.2) is 0 Å². The molecular formula is C21H25N3O4S. The highest BCUT2D eigenvalue weighted by molar-refractivity contribution is 7.89. The molecule has 0 bridgehead atoms. The third kappa shape index (κ3) is 4.65. The summed E-state index contributed by atoms with van der Waals surface area (Å²) in [4.78, 5) is 26.8. The zero-order chi connectivity index (χ0) is 21.2. The summed E-state index contributed by atoms with van der Waals surface area (Å²) in [5.41, 5.74) is 3.53. The van der Waals surface area contributed by atoms with Gasteiger partial charge in [-0.05, 0) is 61.4 Å². The molecule has 2 N–H and O–H groups in total. The first-order chi connectivity index (χ1) is 13.7. The molecule has 154 valence electrons. The average molecular weight is 416 g/mol. The topological polar surface area (TPSA) is 95.6 Å². The number of amides is 2. The number of anilines is 2. The van der Waals surface area contributed by atoms with Crippen LogP contribution in [0.4, 0.5) is 11.4 Å². The molecule has 1 aliphatic heterocycles. The van der Waals surface area contributed by atoms with E-state index in [2.05, 4.69) is 10.0 Å². The first kappa shape index (κ1) is 21.0. The first-order valence-electron chi connectivity index (χ1n) is 9.49. The quantitative estimate of drug-likeness (QED) is 0.758. The van der Waals surface area contributed by atoms with Crippen molar-refractivity contribution < 1.29 is 18.0 Å². The van der Waals surface area contributed by atoms with Gasteiger partial charge in [-0.2, -0.15) is 0 Å². The second kappa shape index (κ2) is 8.34. The van der Waals surface area contributed by atoms with Crippen molar-refractivity contribution in [3.63, 3.8) is 0 Å². The monoisotopic (exact) mass is 415 g/mol. The Labute approximate surface area is 171 Å². The molecule has 1 atom stereocenters. The van der Waals surface area contributed by atoms with Gasteiger partial charge in [0.05, 0.1) is 10.8 Å². The number of carbonyl (C=O) groups excluding carboxylic acids is 2. The zero-order valence-corrected chi connectivity index (χ0v) is 17.5. The Kier molecular flexibility index (Phi) is 6.04. The van der Waals surface area contributed by atoms with Crippen LogP contribution in [-0.4, -0.2) is 33.3 Å². The molecule has 3 rings (SSSR count). The summed E-state index contributed by atoms with van der Waals surface area (Å²) in [6.07, 6.45) is 0.144. The van der Waals surface area contributed by atoms with Crippen LogP contribution in [0.5, 0.6) is 0 Å². The lowest BCUT2D eigenvalue weighted by Gasteiger charge is -2.18. The van der Waals surface area contributed by atoms with Crippen molar-refractivity contribution in [1.29, 1.82) is 0 Å². The van der Waals surface area contributed by atoms with Gasteiger partial charge >= 0.3 is 0 Å². The summed E-state index contributed by atoms with van der Waals surface area (Å²) in [6.45, 7) is 6.32. The van der Waals surface area contributed by atoms with Crippen molar-refractivity contribution in [2.45, 2.75) is 32.1 Å². The van der Waals surface area contributed by atoms with Crippen LogP contribution < -0.4 is 14.9 Å². The molecule has 7 nitrogen and oxygen atoms in total. The van der Waals surface area contributed by atoms with E-state index in [1.165, 1.54) is 12.1 Å². The van der Waals surface area contributed by atoms with Crippen LogP contribution >= 0.6 is 0 Å². The van der Waals surface area contributed by atoms with Crippen LogP contribution in [0, 0.1) is 19.8 Å². The molecular weight excluding hydrogens is 390 g/mol. The van der Waals surface area contributed by atoms with Gasteiger partial charge in [0.25, 0.3) is 0 Å². The molecule has 2 amide bonds. The van der Waals surface area contributed by atoms with Gasteiger partial charge in [0, 0.05) is 30.9 Å². The van der Waals surface area contributed by atoms with Crippen LogP contribution in [0.1, 0.15) is 24.5 Å². The van der Waals surface area contributed by atoms with E-state index in [0.29, 0.717) is 18.8 Å². The van der Waals surface area contributed by atoms with Gasteiger partial charge in [-0.25, -0.2) is 13.1 Å². The van der Waals surface area contributed by atoms with Crippen molar-refractivity contribution in [2.24, 2.45) is 5.92 Å². The maximum absolute atomic E-state index is 12.6. The van der Waals surface area contributed by atoms with E-state index in [1.54, 1.807) is 24.0 Å². The van der Waals surface area contributed by atoms with Gasteiger partial charge < -0.3 is 10.2 Å². The minimum absolute atomic E-state index is 0.0829. The molecule has 29 heavy (non-hydrogen) atoms. The molecule has 1 heterocycles. The maximum atomic E-state index is 12.6. The highest BCUT2D eigenvalue weighted by Crippen LogP contribution is 2.27. The third-order valence-electron chi connectivity index (χ3n) is 5.06. The molecule has 1 saturated heterocycles. The van der Waals surface area contributed by atoms with E-state index in [-0.39, 0.29) is 23.1 Å². The van der Waals surface area contributed by atoms with Crippen LogP contribution in [0.15, 0.2) is 47.4 Å². The zero-order valence-electron chi connectivity index (χ0n) is 16.7.